The monoisotopic (exact) mass is 278 g/mol. The van der Waals surface area contributed by atoms with E-state index in [1.54, 1.807) is 13.2 Å². The first-order chi connectivity index (χ1) is 9.61. The molecule has 0 aromatic heterocycles. The van der Waals surface area contributed by atoms with E-state index in [2.05, 4.69) is 5.32 Å². The predicted octanol–water partition coefficient (Wildman–Crippen LogP) is 0.881. The third kappa shape index (κ3) is 3.27. The van der Waals surface area contributed by atoms with Gasteiger partial charge in [0.2, 0.25) is 5.91 Å². The topological polar surface area (TPSA) is 67.9 Å². The number of nitrogens with one attached hydrogen (secondary N) is 1. The van der Waals surface area contributed by atoms with Crippen molar-refractivity contribution in [3.05, 3.63) is 24.3 Å². The van der Waals surface area contributed by atoms with Gasteiger partial charge in [-0.1, -0.05) is 6.07 Å². The number of likely N-dealkylation sites (N-methyl/N-ethyl adjacent to an activating group) is 1. The van der Waals surface area contributed by atoms with Crippen molar-refractivity contribution in [2.24, 2.45) is 0 Å². The summed E-state index contributed by atoms with van der Waals surface area (Å²) in [5.41, 5.74) is 0.751. The Kier molecular flexibility index (Phi) is 4.57. The molecule has 0 saturated carbocycles. The van der Waals surface area contributed by atoms with Crippen molar-refractivity contribution in [3.63, 3.8) is 0 Å². The zero-order valence-corrected chi connectivity index (χ0v) is 11.6. The molecular weight excluding hydrogens is 260 g/mol. The van der Waals surface area contributed by atoms with Crippen molar-refractivity contribution in [2.45, 2.75) is 12.5 Å². The van der Waals surface area contributed by atoms with Crippen LogP contribution in [0.4, 0.5) is 5.69 Å². The lowest BCUT2D eigenvalue weighted by Crippen LogP contribution is -2.31. The zero-order chi connectivity index (χ0) is 14.5. The van der Waals surface area contributed by atoms with Gasteiger partial charge in [0.1, 0.15) is 18.4 Å². The summed E-state index contributed by atoms with van der Waals surface area (Å²) in [6.07, 6.45) is 0.185. The molecule has 0 aliphatic carbocycles. The van der Waals surface area contributed by atoms with Crippen LogP contribution in [0.1, 0.15) is 6.42 Å². The van der Waals surface area contributed by atoms with Crippen LogP contribution < -0.4 is 10.1 Å². The van der Waals surface area contributed by atoms with E-state index in [0.717, 1.165) is 10.6 Å². The van der Waals surface area contributed by atoms with Crippen LogP contribution in [0.25, 0.3) is 0 Å². The Morgan fingerprint density at radius 3 is 2.80 bits per heavy atom. The lowest BCUT2D eigenvalue weighted by molar-refractivity contribution is -0.136. The number of likely N-dealkylation sites (tertiary alicyclic amines) is 1. The summed E-state index contributed by atoms with van der Waals surface area (Å²) < 4.78 is 10.4. The van der Waals surface area contributed by atoms with Gasteiger partial charge in [0.05, 0.1) is 13.0 Å². The number of rotatable bonds is 6. The summed E-state index contributed by atoms with van der Waals surface area (Å²) in [4.78, 5) is 24.4. The number of imide groups is 1. The highest BCUT2D eigenvalue weighted by Crippen LogP contribution is 2.21. The van der Waals surface area contributed by atoms with Crippen LogP contribution in [0.15, 0.2) is 24.3 Å². The molecule has 6 heteroatoms. The summed E-state index contributed by atoms with van der Waals surface area (Å²) >= 11 is 0. The number of amides is 2. The van der Waals surface area contributed by atoms with Crippen LogP contribution in [0.3, 0.4) is 0 Å². The second kappa shape index (κ2) is 6.38. The van der Waals surface area contributed by atoms with Crippen molar-refractivity contribution in [1.29, 1.82) is 0 Å². The lowest BCUT2D eigenvalue weighted by Gasteiger charge is -2.13. The highest BCUT2D eigenvalue weighted by atomic mass is 16.5. The van der Waals surface area contributed by atoms with Crippen LogP contribution in [0.2, 0.25) is 0 Å². The fraction of sp³-hybridized carbons (Fsp3) is 0.429. The first kappa shape index (κ1) is 14.3. The third-order valence-corrected chi connectivity index (χ3v) is 3.11. The number of ether oxygens (including phenoxy) is 2. The Bertz CT molecular complexity index is 504. The summed E-state index contributed by atoms with van der Waals surface area (Å²) in [6, 6.07) is 6.79. The van der Waals surface area contributed by atoms with Gasteiger partial charge < -0.3 is 14.8 Å². The molecule has 1 fully saturated rings. The van der Waals surface area contributed by atoms with Gasteiger partial charge in [0.25, 0.3) is 5.91 Å². The maximum atomic E-state index is 11.8. The van der Waals surface area contributed by atoms with Crippen LogP contribution in [-0.4, -0.2) is 50.1 Å². The second-order valence-electron chi connectivity index (χ2n) is 4.56. The van der Waals surface area contributed by atoms with Crippen LogP contribution in [0.5, 0.6) is 5.75 Å². The van der Waals surface area contributed by atoms with E-state index in [0.29, 0.717) is 19.0 Å². The van der Waals surface area contributed by atoms with E-state index < -0.39 is 6.04 Å². The van der Waals surface area contributed by atoms with E-state index in [1.165, 1.54) is 7.05 Å². The molecule has 1 heterocycles. The van der Waals surface area contributed by atoms with Crippen molar-refractivity contribution < 1.29 is 19.1 Å². The number of carbonyl (C=O) groups is 2. The van der Waals surface area contributed by atoms with Crippen molar-refractivity contribution in [1.82, 2.24) is 4.90 Å². The molecule has 108 valence electrons. The largest absolute Gasteiger partial charge is 0.491 e. The molecule has 1 aliphatic rings. The Morgan fingerprint density at radius 1 is 1.35 bits per heavy atom. The van der Waals surface area contributed by atoms with Crippen molar-refractivity contribution in [2.75, 3.05) is 32.7 Å². The maximum Gasteiger partial charge on any atom is 0.251 e. The first-order valence-corrected chi connectivity index (χ1v) is 6.40. The van der Waals surface area contributed by atoms with E-state index in [9.17, 15) is 9.59 Å². The highest BCUT2D eigenvalue weighted by Gasteiger charge is 2.35. The number of carbonyl (C=O) groups excluding carboxylic acids is 2. The Hall–Kier alpha value is -2.08. The normalized spacial score (nSPS) is 18.5. The van der Waals surface area contributed by atoms with E-state index in [1.807, 2.05) is 18.2 Å². The van der Waals surface area contributed by atoms with Gasteiger partial charge in [-0.3, -0.25) is 14.5 Å². The average molecular weight is 278 g/mol. The number of methoxy groups -OCH3 is 1. The average Bonchev–Trinajstić information content (AvgIpc) is 2.67. The molecule has 1 unspecified atom stereocenters. The van der Waals surface area contributed by atoms with Crippen LogP contribution in [-0.2, 0) is 14.3 Å². The first-order valence-electron chi connectivity index (χ1n) is 6.40. The van der Waals surface area contributed by atoms with Gasteiger partial charge in [0, 0.05) is 25.9 Å². The summed E-state index contributed by atoms with van der Waals surface area (Å²) in [5.74, 6) is 0.317. The fourth-order valence-corrected chi connectivity index (χ4v) is 1.99. The molecule has 0 bridgehead atoms. The third-order valence-electron chi connectivity index (χ3n) is 3.11. The fourth-order valence-electron chi connectivity index (χ4n) is 1.99. The Labute approximate surface area is 117 Å². The van der Waals surface area contributed by atoms with E-state index in [-0.39, 0.29) is 18.2 Å². The number of hydrogen-bond acceptors (Lipinski definition) is 5. The van der Waals surface area contributed by atoms with Crippen molar-refractivity contribution >= 4 is 17.5 Å². The smallest absolute Gasteiger partial charge is 0.251 e. The molecular formula is C14H18N2O4. The summed E-state index contributed by atoms with van der Waals surface area (Å²) in [5, 5.41) is 3.06. The van der Waals surface area contributed by atoms with E-state index in [4.69, 9.17) is 9.47 Å². The molecule has 20 heavy (non-hydrogen) atoms. The van der Waals surface area contributed by atoms with Gasteiger partial charge in [0.15, 0.2) is 0 Å². The molecule has 1 N–H and O–H groups in total. The number of hydrogen-bond donors (Lipinski definition) is 1. The molecule has 2 rings (SSSR count). The zero-order valence-electron chi connectivity index (χ0n) is 11.6. The molecule has 1 aromatic rings. The molecule has 1 saturated heterocycles. The maximum absolute atomic E-state index is 11.8. The minimum absolute atomic E-state index is 0.167. The molecule has 2 amide bonds. The number of anilines is 1. The predicted molar refractivity (Wildman–Crippen MR) is 73.6 cm³/mol. The lowest BCUT2D eigenvalue weighted by atomic mass is 10.2. The van der Waals surface area contributed by atoms with Gasteiger partial charge in [-0.25, -0.2) is 0 Å². The minimum atomic E-state index is -0.498. The number of nitrogens with zero attached hydrogens (tertiary/aromatic N) is 1. The van der Waals surface area contributed by atoms with Crippen molar-refractivity contribution in [3.8, 4) is 5.75 Å². The second-order valence-corrected chi connectivity index (χ2v) is 4.56. The van der Waals surface area contributed by atoms with Crippen LogP contribution in [0, 0.1) is 0 Å². The molecule has 6 nitrogen and oxygen atoms in total. The Morgan fingerprint density at radius 2 is 2.15 bits per heavy atom. The van der Waals surface area contributed by atoms with Crippen LogP contribution >= 0.6 is 0 Å². The molecule has 0 spiro atoms. The minimum Gasteiger partial charge on any atom is -0.491 e. The summed E-state index contributed by atoms with van der Waals surface area (Å²) in [7, 11) is 3.11. The standard InChI is InChI=1S/C14H18N2O4/c1-16-13(17)9-12(14(16)18)15-10-4-3-5-11(8-10)20-7-6-19-2/h3-5,8,12,15H,6-7,9H2,1-2H3. The molecule has 0 radical (unpaired) electrons. The summed E-state index contributed by atoms with van der Waals surface area (Å²) in [6.45, 7) is 0.974. The molecule has 1 atom stereocenters. The SMILES string of the molecule is COCCOc1cccc(NC2CC(=O)N(C)C2=O)c1. The number of benzene rings is 1. The van der Waals surface area contributed by atoms with E-state index >= 15 is 0 Å². The molecule has 1 aliphatic heterocycles. The van der Waals surface area contributed by atoms with Gasteiger partial charge in [-0.2, -0.15) is 0 Å². The molecule has 1 aromatic carbocycles. The quantitative estimate of drug-likeness (QED) is 0.618. The van der Waals surface area contributed by atoms with Gasteiger partial charge in [-0.15, -0.1) is 0 Å². The van der Waals surface area contributed by atoms with Gasteiger partial charge >= 0.3 is 0 Å². The van der Waals surface area contributed by atoms with Gasteiger partial charge in [-0.05, 0) is 12.1 Å². The highest BCUT2D eigenvalue weighted by molar-refractivity contribution is 6.06. The Balaban J connectivity index is 1.98.